The Kier molecular flexibility index (Phi) is 4.64. The van der Waals surface area contributed by atoms with Crippen molar-refractivity contribution in [1.82, 2.24) is 35.5 Å². The summed E-state index contributed by atoms with van der Waals surface area (Å²) >= 11 is 0. The van der Waals surface area contributed by atoms with E-state index in [0.29, 0.717) is 23.9 Å². The van der Waals surface area contributed by atoms with E-state index < -0.39 is 0 Å². The fourth-order valence-corrected chi connectivity index (χ4v) is 2.24. The molecule has 0 atom stereocenters. The number of carbonyl (C=O) groups excluding carboxylic acids is 1. The summed E-state index contributed by atoms with van der Waals surface area (Å²) in [6.45, 7) is 2.07. The molecule has 1 N–H and O–H groups in total. The number of aromatic nitrogens is 6. The van der Waals surface area contributed by atoms with Gasteiger partial charge in [-0.3, -0.25) is 4.79 Å². The molecule has 0 saturated heterocycles. The fourth-order valence-electron chi connectivity index (χ4n) is 2.24. The van der Waals surface area contributed by atoms with Crippen molar-refractivity contribution in [3.63, 3.8) is 0 Å². The lowest BCUT2D eigenvalue weighted by atomic mass is 10.2. The molecule has 2 heterocycles. The van der Waals surface area contributed by atoms with Crippen LogP contribution >= 0.6 is 0 Å². The molecule has 0 bridgehead atoms. The second-order valence-corrected chi connectivity index (χ2v) is 5.32. The zero-order valence-electron chi connectivity index (χ0n) is 14.1. The molecular weight excluding hydrogens is 322 g/mol. The van der Waals surface area contributed by atoms with E-state index in [4.69, 9.17) is 4.74 Å². The summed E-state index contributed by atoms with van der Waals surface area (Å²) in [6.07, 6.45) is 0. The molecule has 1 aromatic carbocycles. The average Bonchev–Trinajstić information content (AvgIpc) is 3.06. The van der Waals surface area contributed by atoms with E-state index in [1.165, 1.54) is 4.80 Å². The van der Waals surface area contributed by atoms with E-state index in [2.05, 4.69) is 30.7 Å². The van der Waals surface area contributed by atoms with Crippen molar-refractivity contribution in [2.24, 2.45) is 7.05 Å². The van der Waals surface area contributed by atoms with E-state index in [1.807, 2.05) is 24.3 Å². The summed E-state index contributed by atoms with van der Waals surface area (Å²) in [6, 6.07) is 9.03. The first kappa shape index (κ1) is 16.5. The maximum atomic E-state index is 12.4. The highest BCUT2D eigenvalue weighted by Crippen LogP contribution is 2.14. The van der Waals surface area contributed by atoms with E-state index in [0.717, 1.165) is 11.3 Å². The Morgan fingerprint density at radius 1 is 1.28 bits per heavy atom. The van der Waals surface area contributed by atoms with Gasteiger partial charge in [-0.15, -0.1) is 10.2 Å². The summed E-state index contributed by atoms with van der Waals surface area (Å²) in [4.78, 5) is 22.2. The van der Waals surface area contributed by atoms with Gasteiger partial charge in [-0.2, -0.15) is 4.80 Å². The van der Waals surface area contributed by atoms with Crippen LogP contribution in [-0.2, 0) is 13.6 Å². The number of tetrazole rings is 1. The quantitative estimate of drug-likeness (QED) is 0.736. The van der Waals surface area contributed by atoms with Crippen LogP contribution in [0.1, 0.15) is 21.9 Å². The zero-order chi connectivity index (χ0) is 17.8. The van der Waals surface area contributed by atoms with Crippen LogP contribution in [0.3, 0.4) is 0 Å². The molecule has 0 fully saturated rings. The van der Waals surface area contributed by atoms with Crippen LogP contribution in [0.2, 0.25) is 0 Å². The third kappa shape index (κ3) is 3.94. The lowest BCUT2D eigenvalue weighted by Crippen LogP contribution is -2.24. The van der Waals surface area contributed by atoms with Crippen LogP contribution < -0.4 is 10.1 Å². The molecule has 0 aliphatic rings. The number of hydrogen-bond donors (Lipinski definition) is 1. The summed E-state index contributed by atoms with van der Waals surface area (Å²) < 4.78 is 5.17. The van der Waals surface area contributed by atoms with E-state index in [-0.39, 0.29) is 11.6 Å². The van der Waals surface area contributed by atoms with E-state index in [1.54, 1.807) is 27.1 Å². The van der Waals surface area contributed by atoms with Crippen LogP contribution in [0.5, 0.6) is 5.75 Å². The van der Waals surface area contributed by atoms with Gasteiger partial charge in [-0.25, -0.2) is 9.97 Å². The fraction of sp³-hybridized carbons (Fsp3) is 0.250. The molecular formula is C16H17N7O2. The summed E-state index contributed by atoms with van der Waals surface area (Å²) in [5, 5.41) is 14.6. The Morgan fingerprint density at radius 3 is 2.84 bits per heavy atom. The Bertz CT molecular complexity index is 907. The van der Waals surface area contributed by atoms with Crippen molar-refractivity contribution in [2.75, 3.05) is 7.11 Å². The van der Waals surface area contributed by atoms with Gasteiger partial charge < -0.3 is 10.1 Å². The average molecular weight is 339 g/mol. The number of methoxy groups -OCH3 is 1. The predicted octanol–water partition coefficient (Wildman–Crippen LogP) is 0.914. The Labute approximate surface area is 144 Å². The zero-order valence-corrected chi connectivity index (χ0v) is 14.1. The van der Waals surface area contributed by atoms with E-state index >= 15 is 0 Å². The Hall–Kier alpha value is -3.36. The summed E-state index contributed by atoms with van der Waals surface area (Å²) in [5.74, 6) is 1.23. The summed E-state index contributed by atoms with van der Waals surface area (Å²) in [5.41, 5.74) is 1.62. The van der Waals surface area contributed by atoms with Crippen LogP contribution in [-0.4, -0.2) is 43.2 Å². The molecule has 0 aliphatic heterocycles. The lowest BCUT2D eigenvalue weighted by molar-refractivity contribution is 0.0945. The van der Waals surface area contributed by atoms with Gasteiger partial charge in [0.15, 0.2) is 0 Å². The van der Waals surface area contributed by atoms with Gasteiger partial charge in [-0.1, -0.05) is 12.1 Å². The van der Waals surface area contributed by atoms with Crippen molar-refractivity contribution in [3.8, 4) is 17.3 Å². The highest BCUT2D eigenvalue weighted by molar-refractivity contribution is 5.93. The van der Waals surface area contributed by atoms with Gasteiger partial charge in [0.25, 0.3) is 5.91 Å². The minimum absolute atomic E-state index is 0.248. The van der Waals surface area contributed by atoms with Gasteiger partial charge >= 0.3 is 0 Å². The molecule has 0 saturated carbocycles. The summed E-state index contributed by atoms with van der Waals surface area (Å²) in [7, 11) is 3.26. The first-order valence-electron chi connectivity index (χ1n) is 7.56. The normalized spacial score (nSPS) is 10.5. The Morgan fingerprint density at radius 2 is 2.12 bits per heavy atom. The second kappa shape index (κ2) is 7.04. The monoisotopic (exact) mass is 339 g/mol. The topological polar surface area (TPSA) is 108 Å². The third-order valence-corrected chi connectivity index (χ3v) is 3.40. The minimum atomic E-state index is -0.307. The van der Waals surface area contributed by atoms with Crippen LogP contribution in [0.4, 0.5) is 0 Å². The smallest absolute Gasteiger partial charge is 0.270 e. The second-order valence-electron chi connectivity index (χ2n) is 5.32. The number of carbonyl (C=O) groups is 1. The minimum Gasteiger partial charge on any atom is -0.497 e. The number of nitrogens with zero attached hydrogens (tertiary/aromatic N) is 6. The molecule has 2 aromatic heterocycles. The van der Waals surface area contributed by atoms with Gasteiger partial charge in [0.05, 0.1) is 14.2 Å². The molecule has 3 aromatic rings. The molecule has 1 amide bonds. The highest BCUT2D eigenvalue weighted by Gasteiger charge is 2.14. The van der Waals surface area contributed by atoms with Gasteiger partial charge in [-0.05, 0) is 35.9 Å². The van der Waals surface area contributed by atoms with Crippen LogP contribution in [0.15, 0.2) is 30.3 Å². The number of ether oxygens (including phenoxy) is 1. The lowest BCUT2D eigenvalue weighted by Gasteiger charge is -2.07. The maximum Gasteiger partial charge on any atom is 0.270 e. The number of hydrogen-bond acceptors (Lipinski definition) is 7. The van der Waals surface area contributed by atoms with Crippen molar-refractivity contribution in [3.05, 3.63) is 47.4 Å². The molecule has 0 aliphatic carbocycles. The van der Waals surface area contributed by atoms with Gasteiger partial charge in [0, 0.05) is 6.54 Å². The van der Waals surface area contributed by atoms with E-state index in [9.17, 15) is 4.79 Å². The molecule has 0 spiro atoms. The van der Waals surface area contributed by atoms with Gasteiger partial charge in [0.1, 0.15) is 23.0 Å². The number of benzene rings is 1. The number of aryl methyl sites for hydroxylation is 2. The Balaban J connectivity index is 1.76. The van der Waals surface area contributed by atoms with Crippen LogP contribution in [0.25, 0.3) is 11.5 Å². The van der Waals surface area contributed by atoms with Gasteiger partial charge in [0.2, 0.25) is 5.82 Å². The molecule has 25 heavy (non-hydrogen) atoms. The van der Waals surface area contributed by atoms with Crippen molar-refractivity contribution in [2.45, 2.75) is 13.5 Å². The molecule has 0 unspecified atom stereocenters. The molecule has 9 nitrogen and oxygen atoms in total. The molecule has 0 radical (unpaired) electrons. The maximum absolute atomic E-state index is 12.4. The van der Waals surface area contributed by atoms with Crippen molar-refractivity contribution >= 4 is 5.91 Å². The van der Waals surface area contributed by atoms with Crippen LogP contribution in [0, 0.1) is 6.92 Å². The number of rotatable bonds is 5. The standard InChI is InChI=1S/C16H17N7O2/c1-10-18-13(15-20-22-23(2)21-15)8-14(19-10)16(24)17-9-11-5-4-6-12(7-11)25-3/h4-8H,9H2,1-3H3,(H,17,24). The first-order chi connectivity index (χ1) is 12.0. The predicted molar refractivity (Wildman–Crippen MR) is 88.7 cm³/mol. The molecule has 9 heteroatoms. The molecule has 128 valence electrons. The largest absolute Gasteiger partial charge is 0.497 e. The number of nitrogens with one attached hydrogen (secondary N) is 1. The third-order valence-electron chi connectivity index (χ3n) is 3.40. The van der Waals surface area contributed by atoms with Crippen molar-refractivity contribution in [1.29, 1.82) is 0 Å². The first-order valence-corrected chi connectivity index (χ1v) is 7.56. The SMILES string of the molecule is COc1cccc(CNC(=O)c2cc(-c3nnn(C)n3)nc(C)n2)c1. The molecule has 3 rings (SSSR count). The highest BCUT2D eigenvalue weighted by atomic mass is 16.5. The number of amides is 1. The van der Waals surface area contributed by atoms with Crippen molar-refractivity contribution < 1.29 is 9.53 Å².